The molecule has 4 nitrogen and oxygen atoms in total. The third-order valence-corrected chi connectivity index (χ3v) is 5.02. The average molecular weight is 275 g/mol. The van der Waals surface area contributed by atoms with Crippen molar-refractivity contribution in [3.05, 3.63) is 0 Å². The summed E-state index contributed by atoms with van der Waals surface area (Å²) in [5.74, 6) is 0.933. The van der Waals surface area contributed by atoms with Gasteiger partial charge in [-0.15, -0.1) is 0 Å². The molecule has 0 aromatic heterocycles. The molecule has 0 radical (unpaired) electrons. The van der Waals surface area contributed by atoms with Gasteiger partial charge in [-0.05, 0) is 24.0 Å². The van der Waals surface area contributed by atoms with E-state index in [9.17, 15) is 0 Å². The molecule has 0 bridgehead atoms. The van der Waals surface area contributed by atoms with Crippen LogP contribution in [0.2, 0.25) is 0 Å². The maximum atomic E-state index is 5.49. The summed E-state index contributed by atoms with van der Waals surface area (Å²) in [7, 11) is 3.53. The van der Waals surface area contributed by atoms with Crippen molar-refractivity contribution in [3.63, 3.8) is 0 Å². The summed E-state index contributed by atoms with van der Waals surface area (Å²) in [6.07, 6.45) is 2.63. The van der Waals surface area contributed by atoms with Crippen LogP contribution in [0.5, 0.6) is 0 Å². The topological polar surface area (TPSA) is 30.9 Å². The number of thiol groups is 1. The molecular weight excluding hydrogens is 250 g/mol. The number of hydrogen-bond donors (Lipinski definition) is 1. The zero-order valence-electron chi connectivity index (χ0n) is 11.4. The lowest BCUT2D eigenvalue weighted by molar-refractivity contribution is -0.00461. The number of methoxy groups -OCH3 is 2. The highest BCUT2D eigenvalue weighted by molar-refractivity contribution is 7.80. The first-order valence-corrected chi connectivity index (χ1v) is 7.33. The molecule has 106 valence electrons. The molecule has 0 aromatic carbocycles. The summed E-state index contributed by atoms with van der Waals surface area (Å²) >= 11 is 4.57. The van der Waals surface area contributed by atoms with Crippen molar-refractivity contribution >= 4 is 12.6 Å². The molecular formula is C13H25NO3S. The standard InChI is InChI=1S/C13H25NO3S/c1-15-11-7-14(8-12(11)16-2)9-13(10-18)3-5-17-6-4-13/h11-12,18H,3-10H2,1-2H3. The van der Waals surface area contributed by atoms with Crippen molar-refractivity contribution in [1.29, 1.82) is 0 Å². The summed E-state index contributed by atoms with van der Waals surface area (Å²) in [5.41, 5.74) is 0.308. The van der Waals surface area contributed by atoms with Gasteiger partial charge in [-0.25, -0.2) is 0 Å². The third kappa shape index (κ3) is 3.20. The molecule has 2 saturated heterocycles. The molecule has 0 saturated carbocycles. The Morgan fingerprint density at radius 3 is 2.17 bits per heavy atom. The Bertz CT molecular complexity index is 247. The van der Waals surface area contributed by atoms with E-state index in [1.54, 1.807) is 14.2 Å². The summed E-state index contributed by atoms with van der Waals surface area (Å²) in [6, 6.07) is 0. The predicted molar refractivity (Wildman–Crippen MR) is 74.4 cm³/mol. The molecule has 2 aliphatic rings. The van der Waals surface area contributed by atoms with E-state index in [4.69, 9.17) is 14.2 Å². The fraction of sp³-hybridized carbons (Fsp3) is 1.00. The van der Waals surface area contributed by atoms with Crippen LogP contribution in [0.1, 0.15) is 12.8 Å². The molecule has 0 aliphatic carbocycles. The number of nitrogens with zero attached hydrogens (tertiary/aromatic N) is 1. The Morgan fingerprint density at radius 1 is 1.17 bits per heavy atom. The van der Waals surface area contributed by atoms with Gasteiger partial charge >= 0.3 is 0 Å². The predicted octanol–water partition coefficient (Wildman–Crippen LogP) is 1.06. The van der Waals surface area contributed by atoms with Crippen LogP contribution in [-0.4, -0.2) is 69.9 Å². The average Bonchev–Trinajstić information content (AvgIpc) is 2.81. The largest absolute Gasteiger partial charge is 0.381 e. The first-order chi connectivity index (χ1) is 8.73. The number of hydrogen-bond acceptors (Lipinski definition) is 5. The van der Waals surface area contributed by atoms with Crippen LogP contribution in [0.3, 0.4) is 0 Å². The Morgan fingerprint density at radius 2 is 1.72 bits per heavy atom. The van der Waals surface area contributed by atoms with Crippen molar-refractivity contribution in [3.8, 4) is 0 Å². The van der Waals surface area contributed by atoms with E-state index in [2.05, 4.69) is 17.5 Å². The smallest absolute Gasteiger partial charge is 0.0971 e. The van der Waals surface area contributed by atoms with E-state index >= 15 is 0 Å². The van der Waals surface area contributed by atoms with Gasteiger partial charge in [-0.1, -0.05) is 0 Å². The van der Waals surface area contributed by atoms with Crippen LogP contribution in [0.25, 0.3) is 0 Å². The van der Waals surface area contributed by atoms with Crippen molar-refractivity contribution in [2.24, 2.45) is 5.41 Å². The first kappa shape index (κ1) is 14.6. The molecule has 0 spiro atoms. The second-order valence-corrected chi connectivity index (χ2v) is 5.83. The van der Waals surface area contributed by atoms with E-state index < -0.39 is 0 Å². The molecule has 5 heteroatoms. The summed E-state index contributed by atoms with van der Waals surface area (Å²) in [4.78, 5) is 2.46. The SMILES string of the molecule is COC1CN(CC2(CS)CCOCC2)CC1OC. The zero-order chi connectivity index (χ0) is 13.0. The summed E-state index contributed by atoms with van der Waals surface area (Å²) in [6.45, 7) is 4.75. The lowest BCUT2D eigenvalue weighted by Gasteiger charge is -2.39. The van der Waals surface area contributed by atoms with Gasteiger partial charge in [0.2, 0.25) is 0 Å². The van der Waals surface area contributed by atoms with Gasteiger partial charge in [0, 0.05) is 47.1 Å². The van der Waals surface area contributed by atoms with E-state index in [1.165, 1.54) is 0 Å². The highest BCUT2D eigenvalue weighted by Gasteiger charge is 2.39. The van der Waals surface area contributed by atoms with E-state index in [0.29, 0.717) is 5.41 Å². The number of likely N-dealkylation sites (tertiary alicyclic amines) is 1. The molecule has 0 aromatic rings. The molecule has 0 N–H and O–H groups in total. The molecule has 2 atom stereocenters. The molecule has 2 unspecified atom stereocenters. The second-order valence-electron chi connectivity index (χ2n) is 5.51. The Balaban J connectivity index is 1.92. The van der Waals surface area contributed by atoms with Crippen molar-refractivity contribution in [2.45, 2.75) is 25.0 Å². The fourth-order valence-electron chi connectivity index (χ4n) is 3.05. The lowest BCUT2D eigenvalue weighted by Crippen LogP contribution is -2.42. The van der Waals surface area contributed by atoms with Crippen LogP contribution in [0, 0.1) is 5.41 Å². The highest BCUT2D eigenvalue weighted by atomic mass is 32.1. The maximum Gasteiger partial charge on any atom is 0.0971 e. The van der Waals surface area contributed by atoms with Gasteiger partial charge in [0.25, 0.3) is 0 Å². The van der Waals surface area contributed by atoms with Crippen molar-refractivity contribution < 1.29 is 14.2 Å². The third-order valence-electron chi connectivity index (χ3n) is 4.34. The number of ether oxygens (including phenoxy) is 3. The first-order valence-electron chi connectivity index (χ1n) is 6.69. The van der Waals surface area contributed by atoms with Crippen LogP contribution < -0.4 is 0 Å². The molecule has 0 amide bonds. The van der Waals surface area contributed by atoms with Gasteiger partial charge in [0.1, 0.15) is 0 Å². The minimum atomic E-state index is 0.201. The molecule has 18 heavy (non-hydrogen) atoms. The quantitative estimate of drug-likeness (QED) is 0.760. The summed E-state index contributed by atoms with van der Waals surface area (Å²) < 4.78 is 16.5. The monoisotopic (exact) mass is 275 g/mol. The van der Waals surface area contributed by atoms with E-state index in [0.717, 1.165) is 51.4 Å². The molecule has 2 fully saturated rings. The normalized spacial score (nSPS) is 32.8. The minimum absolute atomic E-state index is 0.201. The number of rotatable bonds is 5. The van der Waals surface area contributed by atoms with Gasteiger partial charge in [-0.2, -0.15) is 12.6 Å². The highest BCUT2D eigenvalue weighted by Crippen LogP contribution is 2.34. The van der Waals surface area contributed by atoms with Gasteiger partial charge in [0.05, 0.1) is 12.2 Å². The Hall–Kier alpha value is 0.190. The lowest BCUT2D eigenvalue weighted by atomic mass is 9.81. The zero-order valence-corrected chi connectivity index (χ0v) is 12.3. The minimum Gasteiger partial charge on any atom is -0.381 e. The van der Waals surface area contributed by atoms with Crippen LogP contribution in [0.15, 0.2) is 0 Å². The molecule has 2 heterocycles. The van der Waals surface area contributed by atoms with Gasteiger partial charge in [0.15, 0.2) is 0 Å². The van der Waals surface area contributed by atoms with Gasteiger partial charge < -0.3 is 14.2 Å². The van der Waals surface area contributed by atoms with E-state index in [-0.39, 0.29) is 12.2 Å². The van der Waals surface area contributed by atoms with Crippen LogP contribution in [0.4, 0.5) is 0 Å². The van der Waals surface area contributed by atoms with Crippen LogP contribution >= 0.6 is 12.6 Å². The van der Waals surface area contributed by atoms with Crippen molar-refractivity contribution in [2.75, 3.05) is 52.8 Å². The second kappa shape index (κ2) is 6.57. The Kier molecular flexibility index (Phi) is 5.33. The van der Waals surface area contributed by atoms with Crippen LogP contribution in [-0.2, 0) is 14.2 Å². The molecule has 2 rings (SSSR count). The molecule has 2 aliphatic heterocycles. The maximum absolute atomic E-state index is 5.49. The Labute approximate surface area is 115 Å². The van der Waals surface area contributed by atoms with E-state index in [1.807, 2.05) is 0 Å². The fourth-order valence-corrected chi connectivity index (χ4v) is 3.46. The summed E-state index contributed by atoms with van der Waals surface area (Å²) in [5, 5.41) is 0. The van der Waals surface area contributed by atoms with Crippen molar-refractivity contribution in [1.82, 2.24) is 4.90 Å². The van der Waals surface area contributed by atoms with Gasteiger partial charge in [-0.3, -0.25) is 4.90 Å².